The van der Waals surface area contributed by atoms with Crippen molar-refractivity contribution in [2.45, 2.75) is 45.2 Å². The van der Waals surface area contributed by atoms with Crippen molar-refractivity contribution in [2.24, 2.45) is 0 Å². The van der Waals surface area contributed by atoms with Crippen LogP contribution in [0.5, 0.6) is 0 Å². The molecule has 1 fully saturated rings. The number of amides is 1. The van der Waals surface area contributed by atoms with Crippen LogP contribution in [0, 0.1) is 6.92 Å². The molecule has 0 bridgehead atoms. The van der Waals surface area contributed by atoms with Gasteiger partial charge < -0.3 is 19.5 Å². The molecular weight excluding hydrogens is 353 g/mol. The number of hydrogen-bond acceptors (Lipinski definition) is 5. The Morgan fingerprint density at radius 1 is 1.46 bits per heavy atom. The zero-order valence-electron chi connectivity index (χ0n) is 13.7. The number of furan rings is 1. The van der Waals surface area contributed by atoms with Crippen LogP contribution < -0.4 is 10.6 Å². The first-order valence-electron chi connectivity index (χ1n) is 7.66. The molecule has 0 aliphatic carbocycles. The Kier molecular flexibility index (Phi) is 7.79. The lowest BCUT2D eigenvalue weighted by atomic mass is 9.99. The summed E-state index contributed by atoms with van der Waals surface area (Å²) in [6.45, 7) is 4.93. The van der Waals surface area contributed by atoms with Gasteiger partial charge in [-0.2, -0.15) is 0 Å². The highest BCUT2D eigenvalue weighted by Crippen LogP contribution is 2.22. The van der Waals surface area contributed by atoms with E-state index in [2.05, 4.69) is 22.5 Å². The topological polar surface area (TPSA) is 80.3 Å². The third kappa shape index (κ3) is 4.75. The van der Waals surface area contributed by atoms with E-state index in [-0.39, 0.29) is 43.2 Å². The van der Waals surface area contributed by atoms with Crippen LogP contribution in [0.4, 0.5) is 0 Å². The lowest BCUT2D eigenvalue weighted by Gasteiger charge is -2.30. The molecule has 134 valence electrons. The predicted octanol–water partition coefficient (Wildman–Crippen LogP) is 2.89. The fraction of sp³-hybridized carbons (Fsp3) is 0.500. The van der Waals surface area contributed by atoms with E-state index in [1.54, 1.807) is 18.4 Å². The smallest absolute Gasteiger partial charge is 0.263 e. The maximum atomic E-state index is 12.2. The molecule has 6 nitrogen and oxygen atoms in total. The van der Waals surface area contributed by atoms with Crippen LogP contribution in [0.15, 0.2) is 27.2 Å². The number of piperidine rings is 1. The second-order valence-electron chi connectivity index (χ2n) is 5.74. The monoisotopic (exact) mass is 375 g/mol. The summed E-state index contributed by atoms with van der Waals surface area (Å²) >= 11 is 0. The van der Waals surface area contributed by atoms with Gasteiger partial charge in [0.15, 0.2) is 5.76 Å². The Labute approximate surface area is 153 Å². The number of hydrogen-bond donors (Lipinski definition) is 2. The van der Waals surface area contributed by atoms with Crippen molar-refractivity contribution < 1.29 is 13.6 Å². The van der Waals surface area contributed by atoms with Gasteiger partial charge >= 0.3 is 0 Å². The number of oxazole rings is 1. The molecule has 2 aromatic rings. The lowest BCUT2D eigenvalue weighted by molar-refractivity contribution is -0.121. The molecule has 3 heterocycles. The molecule has 8 heteroatoms. The Hall–Kier alpha value is -1.50. The molecule has 1 amide bonds. The fourth-order valence-corrected chi connectivity index (χ4v) is 2.75. The van der Waals surface area contributed by atoms with E-state index in [1.807, 2.05) is 6.92 Å². The molecular formula is C16H23Cl2N3O3. The summed E-state index contributed by atoms with van der Waals surface area (Å²) in [4.78, 5) is 16.6. The average Bonchev–Trinajstić information content (AvgIpc) is 3.12. The second-order valence-corrected chi connectivity index (χ2v) is 5.74. The van der Waals surface area contributed by atoms with Gasteiger partial charge in [-0.1, -0.05) is 0 Å². The van der Waals surface area contributed by atoms with E-state index < -0.39 is 0 Å². The third-order valence-electron chi connectivity index (χ3n) is 4.06. The number of rotatable bonds is 4. The minimum absolute atomic E-state index is 0. The zero-order chi connectivity index (χ0) is 15.5. The van der Waals surface area contributed by atoms with Crippen molar-refractivity contribution in [3.63, 3.8) is 0 Å². The third-order valence-corrected chi connectivity index (χ3v) is 4.06. The molecule has 2 atom stereocenters. The standard InChI is InChI=1S/C16H21N3O3.2ClH/c1-10-12(5-3-7-17-10)18-15(20)9-13-11(2)22-16(19-13)14-6-4-8-21-14;;/h4,6,8,10,12,17H,3,5,7,9H2,1-2H3,(H,18,20);2*1H. The summed E-state index contributed by atoms with van der Waals surface area (Å²) in [5, 5.41) is 6.46. The van der Waals surface area contributed by atoms with Crippen molar-refractivity contribution in [1.29, 1.82) is 0 Å². The van der Waals surface area contributed by atoms with Gasteiger partial charge in [-0.05, 0) is 45.4 Å². The molecule has 2 aromatic heterocycles. The van der Waals surface area contributed by atoms with Crippen LogP contribution in [0.1, 0.15) is 31.2 Å². The van der Waals surface area contributed by atoms with Crippen molar-refractivity contribution >= 4 is 30.7 Å². The highest BCUT2D eigenvalue weighted by atomic mass is 35.5. The Bertz CT molecular complexity index is 643. The largest absolute Gasteiger partial charge is 0.459 e. The highest BCUT2D eigenvalue weighted by molar-refractivity contribution is 5.85. The van der Waals surface area contributed by atoms with Crippen LogP contribution in [-0.2, 0) is 11.2 Å². The highest BCUT2D eigenvalue weighted by Gasteiger charge is 2.23. The first-order valence-corrected chi connectivity index (χ1v) is 7.66. The first kappa shape index (κ1) is 20.5. The van der Waals surface area contributed by atoms with Gasteiger partial charge in [0.1, 0.15) is 5.76 Å². The predicted molar refractivity (Wildman–Crippen MR) is 95.8 cm³/mol. The molecule has 2 N–H and O–H groups in total. The van der Waals surface area contributed by atoms with Gasteiger partial charge in [0.05, 0.1) is 18.4 Å². The Balaban J connectivity index is 0.00000144. The summed E-state index contributed by atoms with van der Waals surface area (Å²) in [5.41, 5.74) is 0.653. The molecule has 3 rings (SSSR count). The number of carbonyl (C=O) groups is 1. The van der Waals surface area contributed by atoms with Gasteiger partial charge in [0.25, 0.3) is 5.89 Å². The number of carbonyl (C=O) groups excluding carboxylic acids is 1. The van der Waals surface area contributed by atoms with E-state index in [0.717, 1.165) is 19.4 Å². The van der Waals surface area contributed by atoms with Crippen LogP contribution >= 0.6 is 24.8 Å². The molecule has 2 unspecified atom stereocenters. The second kappa shape index (κ2) is 9.11. The maximum absolute atomic E-state index is 12.2. The maximum Gasteiger partial charge on any atom is 0.263 e. The van der Waals surface area contributed by atoms with Gasteiger partial charge in [0, 0.05) is 12.1 Å². The molecule has 0 aromatic carbocycles. The zero-order valence-corrected chi connectivity index (χ0v) is 15.3. The molecule has 1 aliphatic heterocycles. The summed E-state index contributed by atoms with van der Waals surface area (Å²) in [6, 6.07) is 4.04. The Morgan fingerprint density at radius 3 is 2.92 bits per heavy atom. The summed E-state index contributed by atoms with van der Waals surface area (Å²) in [5.74, 6) is 1.61. The number of aromatic nitrogens is 1. The summed E-state index contributed by atoms with van der Waals surface area (Å²) < 4.78 is 10.8. The van der Waals surface area contributed by atoms with Crippen molar-refractivity contribution in [2.75, 3.05) is 6.54 Å². The number of nitrogens with zero attached hydrogens (tertiary/aromatic N) is 1. The Morgan fingerprint density at radius 2 is 2.25 bits per heavy atom. The molecule has 1 saturated heterocycles. The van der Waals surface area contributed by atoms with Crippen LogP contribution in [0.3, 0.4) is 0 Å². The van der Waals surface area contributed by atoms with Crippen molar-refractivity contribution in [3.05, 3.63) is 29.9 Å². The van der Waals surface area contributed by atoms with Crippen LogP contribution in [0.2, 0.25) is 0 Å². The van der Waals surface area contributed by atoms with Gasteiger partial charge in [-0.3, -0.25) is 4.79 Å². The summed E-state index contributed by atoms with van der Waals surface area (Å²) in [6.07, 6.45) is 3.88. The minimum Gasteiger partial charge on any atom is -0.459 e. The van der Waals surface area contributed by atoms with Crippen LogP contribution in [0.25, 0.3) is 11.7 Å². The minimum atomic E-state index is -0.0251. The molecule has 0 radical (unpaired) electrons. The molecule has 1 aliphatic rings. The van der Waals surface area contributed by atoms with E-state index in [0.29, 0.717) is 29.1 Å². The van der Waals surface area contributed by atoms with Crippen molar-refractivity contribution in [3.8, 4) is 11.7 Å². The number of aryl methyl sites for hydroxylation is 1. The number of nitrogens with one attached hydrogen (secondary N) is 2. The van der Waals surface area contributed by atoms with Gasteiger partial charge in [-0.25, -0.2) is 4.98 Å². The van der Waals surface area contributed by atoms with E-state index in [9.17, 15) is 4.79 Å². The fourth-order valence-electron chi connectivity index (χ4n) is 2.75. The van der Waals surface area contributed by atoms with Gasteiger partial charge in [-0.15, -0.1) is 24.8 Å². The quantitative estimate of drug-likeness (QED) is 0.858. The van der Waals surface area contributed by atoms with E-state index in [1.165, 1.54) is 0 Å². The van der Waals surface area contributed by atoms with E-state index in [4.69, 9.17) is 8.83 Å². The molecule has 0 spiro atoms. The lowest BCUT2D eigenvalue weighted by Crippen LogP contribution is -2.52. The summed E-state index contributed by atoms with van der Waals surface area (Å²) in [7, 11) is 0. The van der Waals surface area contributed by atoms with Crippen molar-refractivity contribution in [1.82, 2.24) is 15.6 Å². The molecule has 24 heavy (non-hydrogen) atoms. The van der Waals surface area contributed by atoms with Gasteiger partial charge in [0.2, 0.25) is 5.91 Å². The average molecular weight is 376 g/mol. The number of halogens is 2. The normalized spacial score (nSPS) is 19.9. The SMILES string of the molecule is Cc1oc(-c2ccco2)nc1CC(=O)NC1CCCNC1C.Cl.Cl. The molecule has 0 saturated carbocycles. The first-order chi connectivity index (χ1) is 10.6. The van der Waals surface area contributed by atoms with E-state index >= 15 is 0 Å². The van der Waals surface area contributed by atoms with Crippen LogP contribution in [-0.4, -0.2) is 29.5 Å².